The first-order chi connectivity index (χ1) is 16.6. The topological polar surface area (TPSA) is 132 Å². The minimum Gasteiger partial charge on any atom is -0.481 e. The number of nitrogens with one attached hydrogen (secondary N) is 2. The number of carbonyl (C=O) groups is 1. The van der Waals surface area contributed by atoms with Crippen LogP contribution in [0, 0.1) is 0 Å². The molecule has 0 saturated carbocycles. The molecular weight excluding hydrogens is 450 g/mol. The van der Waals surface area contributed by atoms with E-state index >= 15 is 0 Å². The zero-order chi connectivity index (χ0) is 23.5. The maximum Gasteiger partial charge on any atom is 0.313 e. The SMILES string of the molecule is O=C(O)CSc1n[nH]c(-c2cc([NH2+]O)cc(C3=CCc4c(-c5ccccc5)c[nH]c4C=C3)c2)n1. The largest absolute Gasteiger partial charge is 0.481 e. The number of aromatic amines is 2. The van der Waals surface area contributed by atoms with Crippen LogP contribution in [0.2, 0.25) is 0 Å². The third-order valence-corrected chi connectivity index (χ3v) is 6.40. The van der Waals surface area contributed by atoms with Gasteiger partial charge in [-0.05, 0) is 40.8 Å². The van der Waals surface area contributed by atoms with E-state index in [4.69, 9.17) is 5.11 Å². The summed E-state index contributed by atoms with van der Waals surface area (Å²) in [4.78, 5) is 18.6. The number of aromatic nitrogens is 4. The molecule has 1 aliphatic rings. The summed E-state index contributed by atoms with van der Waals surface area (Å²) in [5.41, 5.74) is 9.05. The van der Waals surface area contributed by atoms with Gasteiger partial charge in [-0.2, -0.15) is 5.48 Å². The van der Waals surface area contributed by atoms with Crippen LogP contribution >= 0.6 is 11.8 Å². The maximum atomic E-state index is 10.8. The zero-order valence-corrected chi connectivity index (χ0v) is 18.8. The fourth-order valence-electron chi connectivity index (χ4n) is 3.98. The van der Waals surface area contributed by atoms with Crippen LogP contribution in [-0.2, 0) is 11.2 Å². The molecule has 0 bridgehead atoms. The number of allylic oxidation sites excluding steroid dienone is 3. The molecule has 1 aliphatic carbocycles. The number of carboxylic acid groups (broad SMARTS) is 1. The standard InChI is InChI=1S/C25H21N5O3S/c31-23(32)14-34-25-27-24(28-29-25)18-10-17(11-19(12-18)30-33)15-6-8-20-21(13-26-22(20)9-7-15)16-4-2-1-3-5-16/h1-7,9-13,26,30,33H,8,14H2,(H,31,32)(H,27,28,29)/p+1. The van der Waals surface area contributed by atoms with E-state index in [0.29, 0.717) is 16.7 Å². The molecule has 0 saturated heterocycles. The summed E-state index contributed by atoms with van der Waals surface area (Å²) >= 11 is 1.05. The third kappa shape index (κ3) is 4.58. The Kier molecular flexibility index (Phi) is 6.13. The first kappa shape index (κ1) is 21.9. The van der Waals surface area contributed by atoms with Gasteiger partial charge in [-0.3, -0.25) is 9.89 Å². The summed E-state index contributed by atoms with van der Waals surface area (Å²) in [6.45, 7) is 0. The molecule has 0 atom stereocenters. The van der Waals surface area contributed by atoms with E-state index in [2.05, 4.69) is 50.5 Å². The van der Waals surface area contributed by atoms with Crippen LogP contribution in [0.5, 0.6) is 0 Å². The lowest BCUT2D eigenvalue weighted by Crippen LogP contribution is -2.73. The molecular formula is C25H22N5O3S+. The first-order valence-electron chi connectivity index (χ1n) is 10.6. The molecule has 8 nitrogen and oxygen atoms in total. The van der Waals surface area contributed by atoms with E-state index in [-0.39, 0.29) is 5.75 Å². The van der Waals surface area contributed by atoms with Crippen molar-refractivity contribution in [3.05, 3.63) is 83.7 Å². The number of fused-ring (bicyclic) bond motifs is 1. The highest BCUT2D eigenvalue weighted by atomic mass is 32.2. The molecule has 0 radical (unpaired) electrons. The Bertz CT molecular complexity index is 1410. The summed E-state index contributed by atoms with van der Waals surface area (Å²) in [5.74, 6) is -0.536. The number of thioether (sulfide) groups is 1. The van der Waals surface area contributed by atoms with Crippen molar-refractivity contribution in [3.63, 3.8) is 0 Å². The molecule has 0 aliphatic heterocycles. The van der Waals surface area contributed by atoms with E-state index < -0.39 is 5.97 Å². The maximum absolute atomic E-state index is 10.8. The lowest BCUT2D eigenvalue weighted by Gasteiger charge is -2.07. The normalized spacial score (nSPS) is 12.8. The molecule has 4 aromatic rings. The van der Waals surface area contributed by atoms with Gasteiger partial charge in [0.05, 0.1) is 5.75 Å². The number of rotatable bonds is 7. The molecule has 170 valence electrons. The van der Waals surface area contributed by atoms with Gasteiger partial charge in [0.1, 0.15) is 0 Å². The summed E-state index contributed by atoms with van der Waals surface area (Å²) in [7, 11) is 0. The van der Waals surface area contributed by atoms with Crippen molar-refractivity contribution in [2.24, 2.45) is 0 Å². The van der Waals surface area contributed by atoms with Gasteiger partial charge in [-0.1, -0.05) is 54.2 Å². The molecule has 0 unspecified atom stereocenters. The molecule has 6 N–H and O–H groups in total. The monoisotopic (exact) mass is 472 g/mol. The summed E-state index contributed by atoms with van der Waals surface area (Å²) in [6.07, 6.45) is 9.12. The number of hydrogen-bond acceptors (Lipinski definition) is 5. The second-order valence-corrected chi connectivity index (χ2v) is 8.72. The Balaban J connectivity index is 1.46. The lowest BCUT2D eigenvalue weighted by molar-refractivity contribution is -0.825. The highest BCUT2D eigenvalue weighted by Crippen LogP contribution is 2.33. The highest BCUT2D eigenvalue weighted by molar-refractivity contribution is 7.99. The van der Waals surface area contributed by atoms with Gasteiger partial charge in [0.15, 0.2) is 11.5 Å². The van der Waals surface area contributed by atoms with E-state index in [0.717, 1.165) is 46.1 Å². The van der Waals surface area contributed by atoms with Crippen molar-refractivity contribution in [1.82, 2.24) is 20.2 Å². The van der Waals surface area contributed by atoms with Crippen LogP contribution in [0.1, 0.15) is 16.8 Å². The van der Waals surface area contributed by atoms with Crippen molar-refractivity contribution in [3.8, 4) is 22.5 Å². The zero-order valence-electron chi connectivity index (χ0n) is 18.0. The predicted octanol–water partition coefficient (Wildman–Crippen LogP) is 3.88. The minimum atomic E-state index is -0.928. The molecule has 2 aromatic heterocycles. The quantitative estimate of drug-likeness (QED) is 0.158. The molecule has 9 heteroatoms. The minimum absolute atomic E-state index is 0.115. The van der Waals surface area contributed by atoms with Crippen molar-refractivity contribution in [2.45, 2.75) is 11.6 Å². The molecule has 0 spiro atoms. The number of quaternary nitrogens is 1. The van der Waals surface area contributed by atoms with Gasteiger partial charge >= 0.3 is 5.97 Å². The Labute approximate surface area is 199 Å². The average molecular weight is 473 g/mol. The summed E-state index contributed by atoms with van der Waals surface area (Å²) < 4.78 is 0. The van der Waals surface area contributed by atoms with E-state index in [9.17, 15) is 10.0 Å². The van der Waals surface area contributed by atoms with Gasteiger partial charge in [-0.25, -0.2) is 10.2 Å². The molecule has 0 amide bonds. The van der Waals surface area contributed by atoms with Crippen LogP contribution < -0.4 is 5.48 Å². The fraction of sp³-hybridized carbons (Fsp3) is 0.0800. The molecule has 5 rings (SSSR count). The first-order valence-corrected chi connectivity index (χ1v) is 11.6. The van der Waals surface area contributed by atoms with Crippen LogP contribution in [0.25, 0.3) is 34.2 Å². The Hall–Kier alpha value is -3.92. The van der Waals surface area contributed by atoms with E-state index in [1.165, 1.54) is 16.7 Å². The van der Waals surface area contributed by atoms with Gasteiger partial charge in [0.25, 0.3) is 0 Å². The van der Waals surface area contributed by atoms with Crippen LogP contribution in [0.15, 0.2) is 72.0 Å². The number of nitrogens with zero attached hydrogens (tertiary/aromatic N) is 2. The Morgan fingerprint density at radius 3 is 2.71 bits per heavy atom. The van der Waals surface area contributed by atoms with Crippen molar-refractivity contribution in [2.75, 3.05) is 5.75 Å². The van der Waals surface area contributed by atoms with Crippen LogP contribution in [0.3, 0.4) is 0 Å². The van der Waals surface area contributed by atoms with E-state index in [1.807, 2.05) is 36.5 Å². The molecule has 34 heavy (non-hydrogen) atoms. The van der Waals surface area contributed by atoms with Crippen LogP contribution in [-0.4, -0.2) is 42.2 Å². The lowest BCUT2D eigenvalue weighted by atomic mass is 9.99. The Morgan fingerprint density at radius 1 is 1.09 bits per heavy atom. The van der Waals surface area contributed by atoms with Gasteiger partial charge < -0.3 is 10.1 Å². The average Bonchev–Trinajstić information content (AvgIpc) is 3.45. The van der Waals surface area contributed by atoms with Gasteiger partial charge in [-0.15, -0.1) is 5.10 Å². The predicted molar refractivity (Wildman–Crippen MR) is 130 cm³/mol. The fourth-order valence-corrected chi connectivity index (χ4v) is 4.49. The third-order valence-electron chi connectivity index (χ3n) is 5.56. The van der Waals surface area contributed by atoms with Crippen molar-refractivity contribution < 1.29 is 20.6 Å². The number of carboxylic acids is 1. The number of benzene rings is 2. The number of H-pyrrole nitrogens is 2. The van der Waals surface area contributed by atoms with Gasteiger partial charge in [0, 0.05) is 35.2 Å². The van der Waals surface area contributed by atoms with Gasteiger partial charge in [0.2, 0.25) is 5.16 Å². The van der Waals surface area contributed by atoms with Crippen LogP contribution in [0.4, 0.5) is 5.69 Å². The molecule has 2 heterocycles. The number of nitrogens with two attached hydrogens (primary N) is 1. The smallest absolute Gasteiger partial charge is 0.313 e. The number of aliphatic carboxylic acids is 1. The van der Waals surface area contributed by atoms with Crippen molar-refractivity contribution >= 4 is 35.1 Å². The summed E-state index contributed by atoms with van der Waals surface area (Å²) in [6, 6.07) is 16.0. The van der Waals surface area contributed by atoms with Crippen molar-refractivity contribution in [1.29, 1.82) is 0 Å². The molecule has 0 fully saturated rings. The molecule has 2 aromatic carbocycles. The second kappa shape index (κ2) is 9.52. The number of hydrogen-bond donors (Lipinski definition) is 5. The summed E-state index contributed by atoms with van der Waals surface area (Å²) in [5, 5.41) is 25.9. The highest BCUT2D eigenvalue weighted by Gasteiger charge is 2.16. The second-order valence-electron chi connectivity index (χ2n) is 7.78. The Morgan fingerprint density at radius 2 is 1.91 bits per heavy atom. The van der Waals surface area contributed by atoms with E-state index in [1.54, 1.807) is 6.07 Å².